The molecule has 7 heteroatoms. The van der Waals surface area contributed by atoms with Gasteiger partial charge < -0.3 is 25.4 Å². The average molecular weight is 271 g/mol. The molecule has 0 aliphatic carbocycles. The van der Waals surface area contributed by atoms with Crippen LogP contribution in [0.4, 0.5) is 4.79 Å². The predicted molar refractivity (Wildman–Crippen MR) is 70.8 cm³/mol. The number of carbonyl (C=O) groups excluding carboxylic acids is 1. The number of rotatable bonds is 9. The van der Waals surface area contributed by atoms with Crippen molar-refractivity contribution in [2.45, 2.75) is 12.5 Å². The van der Waals surface area contributed by atoms with E-state index in [0.29, 0.717) is 19.7 Å². The van der Waals surface area contributed by atoms with Crippen LogP contribution in [-0.2, 0) is 9.53 Å². The molecule has 1 unspecified atom stereocenters. The van der Waals surface area contributed by atoms with Gasteiger partial charge in [-0.05, 0) is 7.05 Å². The van der Waals surface area contributed by atoms with Gasteiger partial charge in [0.25, 0.3) is 0 Å². The van der Waals surface area contributed by atoms with Crippen LogP contribution >= 0.6 is 0 Å². The Morgan fingerprint density at radius 3 is 2.68 bits per heavy atom. The summed E-state index contributed by atoms with van der Waals surface area (Å²) in [6.07, 6.45) is 4.98. The van der Waals surface area contributed by atoms with Crippen molar-refractivity contribution in [1.29, 1.82) is 0 Å². The molecule has 0 aromatic rings. The molecule has 0 saturated heterocycles. The number of carboxylic acids is 1. The molecule has 108 valence electrons. The number of methoxy groups -OCH3 is 1. The normalized spacial score (nSPS) is 11.7. The third kappa shape index (κ3) is 8.88. The molecule has 0 heterocycles. The maximum absolute atomic E-state index is 11.4. The Morgan fingerprint density at radius 2 is 2.16 bits per heavy atom. The smallest absolute Gasteiger partial charge is 0.327 e. The number of likely N-dealkylation sites (N-methyl/N-ethyl adjacent to an activating group) is 1. The molecule has 0 aliphatic heterocycles. The van der Waals surface area contributed by atoms with Crippen LogP contribution in [0.25, 0.3) is 0 Å². The Labute approximate surface area is 113 Å². The summed E-state index contributed by atoms with van der Waals surface area (Å²) in [7, 11) is 3.52. The van der Waals surface area contributed by atoms with Crippen LogP contribution in [0.5, 0.6) is 0 Å². The Balaban J connectivity index is 3.85. The van der Waals surface area contributed by atoms with E-state index in [0.717, 1.165) is 6.54 Å². The largest absolute Gasteiger partial charge is 0.480 e. The molecule has 0 rings (SSSR count). The van der Waals surface area contributed by atoms with Crippen LogP contribution in [0, 0.1) is 12.3 Å². The lowest BCUT2D eigenvalue weighted by Gasteiger charge is -2.17. The van der Waals surface area contributed by atoms with Gasteiger partial charge >= 0.3 is 12.0 Å². The van der Waals surface area contributed by atoms with E-state index in [1.165, 1.54) is 0 Å². The molecule has 1 atom stereocenters. The van der Waals surface area contributed by atoms with Crippen molar-refractivity contribution in [2.75, 3.05) is 40.4 Å². The number of hydrogen-bond donors (Lipinski definition) is 3. The zero-order chi connectivity index (χ0) is 14.7. The lowest BCUT2D eigenvalue weighted by molar-refractivity contribution is -0.139. The van der Waals surface area contributed by atoms with E-state index < -0.39 is 18.0 Å². The Kier molecular flexibility index (Phi) is 9.22. The van der Waals surface area contributed by atoms with Crippen LogP contribution < -0.4 is 10.6 Å². The highest BCUT2D eigenvalue weighted by Crippen LogP contribution is 1.90. The van der Waals surface area contributed by atoms with Crippen molar-refractivity contribution in [3.63, 3.8) is 0 Å². The van der Waals surface area contributed by atoms with Gasteiger partial charge in [-0.2, -0.15) is 0 Å². The van der Waals surface area contributed by atoms with Gasteiger partial charge in [0.2, 0.25) is 0 Å². The van der Waals surface area contributed by atoms with Gasteiger partial charge in [0.15, 0.2) is 0 Å². The second kappa shape index (κ2) is 10.2. The minimum absolute atomic E-state index is 0.0451. The molecule has 0 bridgehead atoms. The van der Waals surface area contributed by atoms with Crippen LogP contribution in [-0.4, -0.2) is 68.4 Å². The highest BCUT2D eigenvalue weighted by Gasteiger charge is 2.18. The Morgan fingerprint density at radius 1 is 1.47 bits per heavy atom. The number of urea groups is 1. The lowest BCUT2D eigenvalue weighted by Crippen LogP contribution is -2.47. The first-order chi connectivity index (χ1) is 9.01. The third-order valence-electron chi connectivity index (χ3n) is 2.38. The predicted octanol–water partition coefficient (Wildman–Crippen LogP) is -0.660. The quantitative estimate of drug-likeness (QED) is 0.484. The second-order valence-corrected chi connectivity index (χ2v) is 4.00. The minimum atomic E-state index is -1.15. The van der Waals surface area contributed by atoms with Crippen LogP contribution in [0.2, 0.25) is 0 Å². The molecule has 0 aromatic heterocycles. The topological polar surface area (TPSA) is 90.9 Å². The van der Waals surface area contributed by atoms with Crippen molar-refractivity contribution in [3.05, 3.63) is 0 Å². The monoisotopic (exact) mass is 271 g/mol. The summed E-state index contributed by atoms with van der Waals surface area (Å²) in [5.41, 5.74) is 0. The maximum atomic E-state index is 11.4. The molecule has 0 radical (unpaired) electrons. The third-order valence-corrected chi connectivity index (χ3v) is 2.38. The van der Waals surface area contributed by atoms with Crippen molar-refractivity contribution in [1.82, 2.24) is 15.5 Å². The number of nitrogens with one attached hydrogen (secondary N) is 2. The summed E-state index contributed by atoms with van der Waals surface area (Å²) >= 11 is 0. The van der Waals surface area contributed by atoms with Gasteiger partial charge in [-0.25, -0.2) is 9.59 Å². The summed E-state index contributed by atoms with van der Waals surface area (Å²) < 4.78 is 4.92. The van der Waals surface area contributed by atoms with Crippen molar-refractivity contribution in [2.24, 2.45) is 0 Å². The fraction of sp³-hybridized carbons (Fsp3) is 0.667. The van der Waals surface area contributed by atoms with E-state index >= 15 is 0 Å². The van der Waals surface area contributed by atoms with Crippen molar-refractivity contribution < 1.29 is 19.4 Å². The molecule has 0 aromatic carbocycles. The van der Waals surface area contributed by atoms with E-state index in [1.807, 2.05) is 11.9 Å². The van der Waals surface area contributed by atoms with E-state index in [9.17, 15) is 9.59 Å². The number of ether oxygens (including phenoxy) is 1. The van der Waals surface area contributed by atoms with Crippen molar-refractivity contribution >= 4 is 12.0 Å². The van der Waals surface area contributed by atoms with Gasteiger partial charge in [-0.1, -0.05) is 0 Å². The first-order valence-electron chi connectivity index (χ1n) is 5.89. The van der Waals surface area contributed by atoms with E-state index in [1.54, 1.807) is 7.11 Å². The molecule has 0 spiro atoms. The number of carboxylic acid groups (broad SMARTS) is 1. The number of amides is 2. The van der Waals surface area contributed by atoms with Gasteiger partial charge in [0.1, 0.15) is 6.04 Å². The first-order valence-corrected chi connectivity index (χ1v) is 5.89. The average Bonchev–Trinajstić information content (AvgIpc) is 2.35. The standard InChI is InChI=1S/C12H21N3O4/c1-4-5-10(11(16)17)14-12(18)13-6-7-15(2)8-9-19-3/h1,10H,5-9H2,2-3H3,(H,16,17)(H2,13,14,18). The number of nitrogens with zero attached hydrogens (tertiary/aromatic N) is 1. The summed E-state index contributed by atoms with van der Waals surface area (Å²) in [5.74, 6) is 1.06. The van der Waals surface area contributed by atoms with Gasteiger partial charge in [0.05, 0.1) is 6.61 Å². The number of hydrogen-bond acceptors (Lipinski definition) is 4. The Bertz CT molecular complexity index is 327. The fourth-order valence-electron chi connectivity index (χ4n) is 1.25. The second-order valence-electron chi connectivity index (χ2n) is 4.00. The fourth-order valence-corrected chi connectivity index (χ4v) is 1.25. The number of carbonyl (C=O) groups is 2. The minimum Gasteiger partial charge on any atom is -0.480 e. The molecule has 19 heavy (non-hydrogen) atoms. The van der Waals surface area contributed by atoms with E-state index in [4.69, 9.17) is 16.3 Å². The molecule has 0 fully saturated rings. The number of terminal acetylenes is 1. The van der Waals surface area contributed by atoms with E-state index in [-0.39, 0.29) is 6.42 Å². The van der Waals surface area contributed by atoms with Crippen LogP contribution in [0.3, 0.4) is 0 Å². The van der Waals surface area contributed by atoms with Crippen LogP contribution in [0.15, 0.2) is 0 Å². The van der Waals surface area contributed by atoms with Crippen LogP contribution in [0.1, 0.15) is 6.42 Å². The maximum Gasteiger partial charge on any atom is 0.327 e. The number of aliphatic carboxylic acids is 1. The van der Waals surface area contributed by atoms with Gasteiger partial charge in [-0.15, -0.1) is 12.3 Å². The summed E-state index contributed by atoms with van der Waals surface area (Å²) in [6, 6.07) is -1.60. The zero-order valence-corrected chi connectivity index (χ0v) is 11.3. The highest BCUT2D eigenvalue weighted by molar-refractivity contribution is 5.82. The molecular formula is C12H21N3O4. The highest BCUT2D eigenvalue weighted by atomic mass is 16.5. The molecule has 3 N–H and O–H groups in total. The summed E-state index contributed by atoms with van der Waals surface area (Å²) in [6.45, 7) is 2.43. The van der Waals surface area contributed by atoms with Gasteiger partial charge in [-0.3, -0.25) is 0 Å². The Hall–Kier alpha value is -1.78. The zero-order valence-electron chi connectivity index (χ0n) is 11.3. The summed E-state index contributed by atoms with van der Waals surface area (Å²) in [4.78, 5) is 24.2. The van der Waals surface area contributed by atoms with Gasteiger partial charge in [0, 0.05) is 33.2 Å². The molecule has 2 amide bonds. The first kappa shape index (κ1) is 17.2. The molecular weight excluding hydrogens is 250 g/mol. The molecule has 0 aliphatic rings. The van der Waals surface area contributed by atoms with E-state index in [2.05, 4.69) is 16.6 Å². The molecule has 7 nitrogen and oxygen atoms in total. The summed E-state index contributed by atoms with van der Waals surface area (Å²) in [5, 5.41) is 13.7. The molecule has 0 saturated carbocycles. The van der Waals surface area contributed by atoms with Crippen molar-refractivity contribution in [3.8, 4) is 12.3 Å². The SMILES string of the molecule is C#CCC(NC(=O)NCCN(C)CCOC)C(=O)O. The lowest BCUT2D eigenvalue weighted by atomic mass is 10.2.